The highest BCUT2D eigenvalue weighted by molar-refractivity contribution is 5.84. The van der Waals surface area contributed by atoms with E-state index in [9.17, 15) is 4.79 Å². The maximum atomic E-state index is 12.1. The Morgan fingerprint density at radius 1 is 1.12 bits per heavy atom. The summed E-state index contributed by atoms with van der Waals surface area (Å²) in [5, 5.41) is 9.94. The Labute approximate surface area is 148 Å². The van der Waals surface area contributed by atoms with E-state index in [0.29, 0.717) is 23.9 Å². The Morgan fingerprint density at radius 3 is 2.68 bits per heavy atom. The van der Waals surface area contributed by atoms with E-state index in [1.807, 2.05) is 42.5 Å². The zero-order chi connectivity index (χ0) is 17.6. The maximum absolute atomic E-state index is 12.1. The predicted octanol–water partition coefficient (Wildman–Crippen LogP) is 4.66. The lowest BCUT2D eigenvalue weighted by molar-refractivity contribution is -0.134. The van der Waals surface area contributed by atoms with Gasteiger partial charge in [-0.3, -0.25) is 10.2 Å². The minimum absolute atomic E-state index is 0.189. The molecule has 0 saturated heterocycles. The van der Waals surface area contributed by atoms with E-state index in [1.54, 1.807) is 0 Å². The molecule has 2 atom stereocenters. The first kappa shape index (κ1) is 17.5. The molecule has 2 aromatic carbocycles. The summed E-state index contributed by atoms with van der Waals surface area (Å²) in [4.78, 5) is 12.1. The van der Waals surface area contributed by atoms with E-state index < -0.39 is 0 Å². The Morgan fingerprint density at radius 2 is 1.88 bits per heavy atom. The minimum atomic E-state index is -0.189. The van der Waals surface area contributed by atoms with Crippen molar-refractivity contribution in [3.63, 3.8) is 0 Å². The summed E-state index contributed by atoms with van der Waals surface area (Å²) in [7, 11) is 0. The molecule has 0 spiro atoms. The number of ether oxygens (including phenoxy) is 1. The van der Waals surface area contributed by atoms with Gasteiger partial charge in [-0.2, -0.15) is 0 Å². The lowest BCUT2D eigenvalue weighted by Gasteiger charge is -2.30. The number of carbonyl (C=O) groups is 1. The first-order chi connectivity index (χ1) is 12.1. The molecule has 2 aromatic rings. The minimum Gasteiger partial charge on any atom is -0.427 e. The third-order valence-corrected chi connectivity index (χ3v) is 5.22. The summed E-state index contributed by atoms with van der Waals surface area (Å²) in [5.41, 5.74) is 5.73. The molecule has 3 N–H and O–H groups in total. The van der Waals surface area contributed by atoms with E-state index in [1.165, 1.54) is 6.42 Å². The first-order valence-electron chi connectivity index (χ1n) is 9.17. The molecule has 1 aliphatic rings. The molecule has 4 heteroatoms. The summed E-state index contributed by atoms with van der Waals surface area (Å²) in [6, 6.07) is 13.7. The Balaban J connectivity index is 1.49. The zero-order valence-electron chi connectivity index (χ0n) is 14.5. The van der Waals surface area contributed by atoms with Crippen LogP contribution in [0.2, 0.25) is 0 Å². The van der Waals surface area contributed by atoms with Crippen molar-refractivity contribution in [1.29, 1.82) is 5.41 Å². The molecule has 1 aliphatic carbocycles. The lowest BCUT2D eigenvalue weighted by atomic mass is 9.76. The van der Waals surface area contributed by atoms with Gasteiger partial charge in [-0.15, -0.1) is 0 Å². The van der Waals surface area contributed by atoms with Crippen LogP contribution < -0.4 is 10.5 Å². The number of nitrogens with two attached hydrogens (primary N) is 1. The number of rotatable bonds is 6. The molecule has 3 rings (SSSR count). The van der Waals surface area contributed by atoms with Crippen LogP contribution in [-0.2, 0) is 4.79 Å². The van der Waals surface area contributed by atoms with Crippen LogP contribution in [0.25, 0.3) is 10.8 Å². The molecule has 4 nitrogen and oxygen atoms in total. The van der Waals surface area contributed by atoms with Gasteiger partial charge in [-0.05, 0) is 54.5 Å². The zero-order valence-corrected chi connectivity index (χ0v) is 14.5. The van der Waals surface area contributed by atoms with Crippen LogP contribution in [0.1, 0.15) is 44.9 Å². The second-order valence-electron chi connectivity index (χ2n) is 6.98. The quantitative estimate of drug-likeness (QED) is 0.348. The van der Waals surface area contributed by atoms with Gasteiger partial charge in [-0.1, -0.05) is 43.2 Å². The van der Waals surface area contributed by atoms with Gasteiger partial charge >= 0.3 is 5.97 Å². The highest BCUT2D eigenvalue weighted by Crippen LogP contribution is 2.33. The fraction of sp³-hybridized carbons (Fsp3) is 0.429. The molecule has 132 valence electrons. The van der Waals surface area contributed by atoms with Gasteiger partial charge < -0.3 is 10.5 Å². The molecule has 0 aromatic heterocycles. The number of fused-ring (bicyclic) bond motifs is 1. The predicted molar refractivity (Wildman–Crippen MR) is 101 cm³/mol. The molecule has 0 bridgehead atoms. The fourth-order valence-electron chi connectivity index (χ4n) is 3.88. The number of hydrogen-bond donors (Lipinski definition) is 2. The third-order valence-electron chi connectivity index (χ3n) is 5.22. The van der Waals surface area contributed by atoms with E-state index in [-0.39, 0.29) is 11.9 Å². The molecule has 0 aliphatic heterocycles. The fourth-order valence-corrected chi connectivity index (χ4v) is 3.88. The number of benzene rings is 2. The summed E-state index contributed by atoms with van der Waals surface area (Å²) >= 11 is 0. The number of hydrogen-bond acceptors (Lipinski definition) is 3. The van der Waals surface area contributed by atoms with Gasteiger partial charge in [0, 0.05) is 12.3 Å². The van der Waals surface area contributed by atoms with Gasteiger partial charge in [0.05, 0.1) is 5.84 Å². The summed E-state index contributed by atoms with van der Waals surface area (Å²) in [5.74, 6) is 1.36. The van der Waals surface area contributed by atoms with E-state index in [4.69, 9.17) is 15.9 Å². The monoisotopic (exact) mass is 338 g/mol. The average molecular weight is 338 g/mol. The SMILES string of the molecule is N=C(N)C1CCCCC1CCCC(=O)Oc1ccc2ccccc2c1. The van der Waals surface area contributed by atoms with Gasteiger partial charge in [0.15, 0.2) is 0 Å². The van der Waals surface area contributed by atoms with Crippen LogP contribution in [0.3, 0.4) is 0 Å². The lowest BCUT2D eigenvalue weighted by Crippen LogP contribution is -2.32. The van der Waals surface area contributed by atoms with Crippen molar-refractivity contribution in [2.75, 3.05) is 0 Å². The number of nitrogens with one attached hydrogen (secondary N) is 1. The largest absolute Gasteiger partial charge is 0.427 e. The van der Waals surface area contributed by atoms with Crippen LogP contribution in [0, 0.1) is 17.2 Å². The maximum Gasteiger partial charge on any atom is 0.311 e. The molecule has 0 heterocycles. The van der Waals surface area contributed by atoms with Crippen LogP contribution >= 0.6 is 0 Å². The van der Waals surface area contributed by atoms with Crippen molar-refractivity contribution in [2.24, 2.45) is 17.6 Å². The Bertz CT molecular complexity index is 756. The van der Waals surface area contributed by atoms with Gasteiger partial charge in [0.2, 0.25) is 0 Å². The average Bonchev–Trinajstić information content (AvgIpc) is 2.62. The number of carbonyl (C=O) groups excluding carboxylic acids is 1. The van der Waals surface area contributed by atoms with Crippen molar-refractivity contribution in [1.82, 2.24) is 0 Å². The van der Waals surface area contributed by atoms with E-state index in [0.717, 1.165) is 42.9 Å². The smallest absolute Gasteiger partial charge is 0.311 e. The second kappa shape index (κ2) is 8.15. The van der Waals surface area contributed by atoms with Crippen LogP contribution in [0.15, 0.2) is 42.5 Å². The summed E-state index contributed by atoms with van der Waals surface area (Å²) in [6.07, 6.45) is 6.64. The van der Waals surface area contributed by atoms with E-state index >= 15 is 0 Å². The summed E-state index contributed by atoms with van der Waals surface area (Å²) < 4.78 is 5.48. The summed E-state index contributed by atoms with van der Waals surface area (Å²) in [6.45, 7) is 0. The normalized spacial score (nSPS) is 20.3. The molecule has 2 unspecified atom stereocenters. The van der Waals surface area contributed by atoms with E-state index in [2.05, 4.69) is 0 Å². The van der Waals surface area contributed by atoms with Crippen molar-refractivity contribution < 1.29 is 9.53 Å². The molecule has 0 amide bonds. The van der Waals surface area contributed by atoms with Crippen molar-refractivity contribution in [2.45, 2.75) is 44.9 Å². The van der Waals surface area contributed by atoms with Crippen molar-refractivity contribution >= 4 is 22.6 Å². The topological polar surface area (TPSA) is 76.2 Å². The second-order valence-corrected chi connectivity index (χ2v) is 6.98. The van der Waals surface area contributed by atoms with Gasteiger partial charge in [0.1, 0.15) is 5.75 Å². The number of amidine groups is 1. The molecule has 25 heavy (non-hydrogen) atoms. The Kier molecular flexibility index (Phi) is 5.69. The van der Waals surface area contributed by atoms with Gasteiger partial charge in [-0.25, -0.2) is 0 Å². The molecule has 1 fully saturated rings. The first-order valence-corrected chi connectivity index (χ1v) is 9.17. The molecular formula is C21H26N2O2. The third kappa shape index (κ3) is 4.59. The van der Waals surface area contributed by atoms with Crippen molar-refractivity contribution in [3.8, 4) is 5.75 Å². The highest BCUT2D eigenvalue weighted by Gasteiger charge is 2.27. The van der Waals surface area contributed by atoms with Crippen molar-refractivity contribution in [3.05, 3.63) is 42.5 Å². The number of esters is 1. The molecule has 1 saturated carbocycles. The van der Waals surface area contributed by atoms with Crippen LogP contribution in [0.4, 0.5) is 0 Å². The molecular weight excluding hydrogens is 312 g/mol. The van der Waals surface area contributed by atoms with Crippen LogP contribution in [-0.4, -0.2) is 11.8 Å². The van der Waals surface area contributed by atoms with Gasteiger partial charge in [0.25, 0.3) is 0 Å². The molecule has 0 radical (unpaired) electrons. The standard InChI is InChI=1S/C21H26N2O2/c22-21(23)19-10-4-3-7-16(19)9-5-11-20(24)25-18-13-12-15-6-1-2-8-17(15)14-18/h1-2,6,8,12-14,16,19H,3-5,7,9-11H2,(H3,22,23). The van der Waals surface area contributed by atoms with Crippen LogP contribution in [0.5, 0.6) is 5.75 Å². The highest BCUT2D eigenvalue weighted by atomic mass is 16.5. The Hall–Kier alpha value is -2.36.